The van der Waals surface area contributed by atoms with Crippen LogP contribution in [0.25, 0.3) is 0 Å². The fourth-order valence-corrected chi connectivity index (χ4v) is 3.66. The van der Waals surface area contributed by atoms with Gasteiger partial charge in [0.25, 0.3) is 5.91 Å². The van der Waals surface area contributed by atoms with Crippen molar-refractivity contribution in [2.24, 2.45) is 0 Å². The van der Waals surface area contributed by atoms with Gasteiger partial charge in [0, 0.05) is 24.0 Å². The van der Waals surface area contributed by atoms with Crippen molar-refractivity contribution >= 4 is 23.4 Å². The number of nitrogens with one attached hydrogen (secondary N) is 1. The van der Waals surface area contributed by atoms with Crippen molar-refractivity contribution in [2.75, 3.05) is 18.5 Å². The lowest BCUT2D eigenvalue weighted by Gasteiger charge is -2.35. The number of anilines is 1. The second-order valence-electron chi connectivity index (χ2n) is 5.42. The third kappa shape index (κ3) is 3.29. The maximum Gasteiger partial charge on any atom is 0.273 e. The Bertz CT molecular complexity index is 466. The molecule has 6 heteroatoms. The van der Waals surface area contributed by atoms with Crippen LogP contribution in [0.2, 0.25) is 0 Å². The van der Waals surface area contributed by atoms with Gasteiger partial charge in [-0.15, -0.1) is 0 Å². The zero-order valence-electron chi connectivity index (χ0n) is 12.3. The summed E-state index contributed by atoms with van der Waals surface area (Å²) in [6, 6.07) is 0. The summed E-state index contributed by atoms with van der Waals surface area (Å²) in [6.45, 7) is 3.39. The molecule has 1 aromatic rings. The summed E-state index contributed by atoms with van der Waals surface area (Å²) in [5.41, 5.74) is 6.64. The van der Waals surface area contributed by atoms with Crippen molar-refractivity contribution < 1.29 is 4.79 Å². The molecular weight excluding hydrogens is 272 g/mol. The third-order valence-corrected chi connectivity index (χ3v) is 5.52. The fourth-order valence-electron chi connectivity index (χ4n) is 2.75. The molecule has 0 radical (unpaired) electrons. The number of carbonyl (C=O) groups excluding carboxylic acids is 1. The number of hydrogen-bond acceptors (Lipinski definition) is 4. The van der Waals surface area contributed by atoms with Crippen LogP contribution in [-0.2, 0) is 6.54 Å². The molecule has 5 nitrogen and oxygen atoms in total. The molecule has 0 aromatic carbocycles. The van der Waals surface area contributed by atoms with Gasteiger partial charge in [-0.1, -0.05) is 19.3 Å². The van der Waals surface area contributed by atoms with Crippen LogP contribution in [0.4, 0.5) is 5.69 Å². The van der Waals surface area contributed by atoms with Crippen LogP contribution in [0.5, 0.6) is 0 Å². The first kappa shape index (κ1) is 15.2. The second kappa shape index (κ2) is 6.52. The zero-order chi connectivity index (χ0) is 14.6. The standard InChI is InChI=1S/C14H24N4OS/c1-3-18-9-11(15)12(17-18)13(19)16-10-14(20-2)7-5-4-6-8-14/h9H,3-8,10,15H2,1-2H3,(H,16,19). The van der Waals surface area contributed by atoms with Gasteiger partial charge in [0.1, 0.15) is 0 Å². The predicted molar refractivity (Wildman–Crippen MR) is 84.0 cm³/mol. The number of hydrogen-bond donors (Lipinski definition) is 2. The minimum absolute atomic E-state index is 0.159. The number of carbonyl (C=O) groups is 1. The van der Waals surface area contributed by atoms with Gasteiger partial charge in [-0.05, 0) is 26.0 Å². The second-order valence-corrected chi connectivity index (χ2v) is 6.69. The maximum absolute atomic E-state index is 12.2. The molecule has 1 heterocycles. The highest BCUT2D eigenvalue weighted by Gasteiger charge is 2.31. The van der Waals surface area contributed by atoms with Gasteiger partial charge in [-0.25, -0.2) is 0 Å². The van der Waals surface area contributed by atoms with Crippen LogP contribution in [0.3, 0.4) is 0 Å². The molecule has 0 saturated heterocycles. The van der Waals surface area contributed by atoms with Crippen LogP contribution in [-0.4, -0.2) is 33.2 Å². The van der Waals surface area contributed by atoms with Crippen molar-refractivity contribution in [2.45, 2.75) is 50.3 Å². The zero-order valence-corrected chi connectivity index (χ0v) is 13.1. The van der Waals surface area contributed by atoms with Crippen molar-refractivity contribution in [1.82, 2.24) is 15.1 Å². The van der Waals surface area contributed by atoms with E-state index in [0.717, 1.165) is 0 Å². The SMILES string of the molecule is CCn1cc(N)c(C(=O)NCC2(SC)CCCCC2)n1. The van der Waals surface area contributed by atoms with Crippen LogP contribution in [0.15, 0.2) is 6.20 Å². The van der Waals surface area contributed by atoms with E-state index < -0.39 is 0 Å². The van der Waals surface area contributed by atoms with E-state index in [2.05, 4.69) is 16.7 Å². The lowest BCUT2D eigenvalue weighted by molar-refractivity contribution is 0.0942. The Morgan fingerprint density at radius 3 is 2.75 bits per heavy atom. The summed E-state index contributed by atoms with van der Waals surface area (Å²) in [4.78, 5) is 12.2. The smallest absolute Gasteiger partial charge is 0.273 e. The molecule has 20 heavy (non-hydrogen) atoms. The molecular formula is C14H24N4OS. The van der Waals surface area contributed by atoms with Crippen LogP contribution < -0.4 is 11.1 Å². The molecule has 0 bridgehead atoms. The predicted octanol–water partition coefficient (Wildman–Crippen LogP) is 2.28. The van der Waals surface area contributed by atoms with Gasteiger partial charge in [0.2, 0.25) is 0 Å². The molecule has 1 aromatic heterocycles. The van der Waals surface area contributed by atoms with E-state index in [1.165, 1.54) is 32.1 Å². The van der Waals surface area contributed by atoms with Gasteiger partial charge < -0.3 is 11.1 Å². The monoisotopic (exact) mass is 296 g/mol. The Labute approximate surface area is 124 Å². The summed E-state index contributed by atoms with van der Waals surface area (Å²) in [5, 5.41) is 7.24. The van der Waals surface area contributed by atoms with E-state index in [4.69, 9.17) is 5.73 Å². The van der Waals surface area contributed by atoms with Gasteiger partial charge in [0.05, 0.1) is 5.69 Å². The number of aryl methyl sites for hydroxylation is 1. The minimum atomic E-state index is -0.159. The van der Waals surface area contributed by atoms with E-state index >= 15 is 0 Å². The number of amides is 1. The maximum atomic E-state index is 12.2. The summed E-state index contributed by atoms with van der Waals surface area (Å²) in [6.07, 6.45) is 10.0. The topological polar surface area (TPSA) is 72.9 Å². The third-order valence-electron chi connectivity index (χ3n) is 4.10. The number of nitrogen functional groups attached to an aromatic ring is 1. The van der Waals surface area contributed by atoms with E-state index in [1.807, 2.05) is 18.7 Å². The largest absolute Gasteiger partial charge is 0.396 e. The quantitative estimate of drug-likeness (QED) is 0.874. The van der Waals surface area contributed by atoms with Gasteiger partial charge in [0.15, 0.2) is 5.69 Å². The molecule has 1 amide bonds. The van der Waals surface area contributed by atoms with Crippen molar-refractivity contribution in [3.63, 3.8) is 0 Å². The molecule has 0 spiro atoms. The van der Waals surface area contributed by atoms with E-state index in [9.17, 15) is 4.79 Å². The first-order chi connectivity index (χ1) is 9.60. The average molecular weight is 296 g/mol. The number of thioether (sulfide) groups is 1. The van der Waals surface area contributed by atoms with Crippen molar-refractivity contribution in [1.29, 1.82) is 0 Å². The number of rotatable bonds is 5. The van der Waals surface area contributed by atoms with E-state index in [-0.39, 0.29) is 10.7 Å². The van der Waals surface area contributed by atoms with Gasteiger partial charge in [-0.2, -0.15) is 16.9 Å². The van der Waals surface area contributed by atoms with E-state index in [1.54, 1.807) is 10.9 Å². The minimum Gasteiger partial charge on any atom is -0.396 e. The lowest BCUT2D eigenvalue weighted by atomic mass is 9.88. The first-order valence-corrected chi connectivity index (χ1v) is 8.49. The van der Waals surface area contributed by atoms with Crippen LogP contribution >= 0.6 is 11.8 Å². The molecule has 1 saturated carbocycles. The Hall–Kier alpha value is -1.17. The lowest BCUT2D eigenvalue weighted by Crippen LogP contribution is -2.42. The van der Waals surface area contributed by atoms with Crippen LogP contribution in [0.1, 0.15) is 49.5 Å². The molecule has 0 aliphatic heterocycles. The molecule has 1 aliphatic carbocycles. The Morgan fingerprint density at radius 1 is 1.50 bits per heavy atom. The molecule has 112 valence electrons. The Balaban J connectivity index is 1.98. The summed E-state index contributed by atoms with van der Waals surface area (Å²) >= 11 is 1.87. The van der Waals surface area contributed by atoms with Gasteiger partial charge >= 0.3 is 0 Å². The Morgan fingerprint density at radius 2 is 2.20 bits per heavy atom. The first-order valence-electron chi connectivity index (χ1n) is 7.26. The summed E-state index contributed by atoms with van der Waals surface area (Å²) in [7, 11) is 0. The molecule has 0 unspecified atom stereocenters. The number of aromatic nitrogens is 2. The molecule has 1 aliphatic rings. The van der Waals surface area contributed by atoms with Crippen molar-refractivity contribution in [3.05, 3.63) is 11.9 Å². The number of nitrogens with two attached hydrogens (primary N) is 1. The highest BCUT2D eigenvalue weighted by molar-refractivity contribution is 8.00. The van der Waals surface area contributed by atoms with Gasteiger partial charge in [-0.3, -0.25) is 9.48 Å². The highest BCUT2D eigenvalue weighted by atomic mass is 32.2. The molecule has 2 rings (SSSR count). The van der Waals surface area contributed by atoms with Crippen LogP contribution in [0, 0.1) is 0 Å². The average Bonchev–Trinajstić information content (AvgIpc) is 2.87. The molecule has 3 N–H and O–H groups in total. The highest BCUT2D eigenvalue weighted by Crippen LogP contribution is 2.38. The summed E-state index contributed by atoms with van der Waals surface area (Å²) in [5.74, 6) is -0.159. The van der Waals surface area contributed by atoms with E-state index in [0.29, 0.717) is 24.5 Å². The Kier molecular flexibility index (Phi) is 4.96. The normalized spacial score (nSPS) is 17.9. The fraction of sp³-hybridized carbons (Fsp3) is 0.714. The summed E-state index contributed by atoms with van der Waals surface area (Å²) < 4.78 is 1.88. The number of nitrogens with zero attached hydrogens (tertiary/aromatic N) is 2. The molecule has 0 atom stereocenters. The molecule has 1 fully saturated rings. The van der Waals surface area contributed by atoms with Crippen molar-refractivity contribution in [3.8, 4) is 0 Å².